The van der Waals surface area contributed by atoms with Crippen molar-refractivity contribution >= 4 is 57.1 Å². The molecule has 2 aromatic rings. The maximum Gasteiger partial charge on any atom is 0.194 e. The third kappa shape index (κ3) is 1.98. The highest BCUT2D eigenvalue weighted by atomic mass is 127. The predicted octanol–water partition coefficient (Wildman–Crippen LogP) is 3.92. The van der Waals surface area contributed by atoms with E-state index in [0.717, 1.165) is 28.0 Å². The zero-order valence-electron chi connectivity index (χ0n) is 10.1. The van der Waals surface area contributed by atoms with Crippen molar-refractivity contribution in [1.29, 1.82) is 0 Å². The van der Waals surface area contributed by atoms with Gasteiger partial charge in [0.2, 0.25) is 0 Å². The molecule has 0 amide bonds. The molecule has 1 aliphatic carbocycles. The molecule has 0 radical (unpaired) electrons. The molecule has 1 atom stereocenters. The van der Waals surface area contributed by atoms with E-state index in [-0.39, 0.29) is 0 Å². The molecule has 0 N–H and O–H groups in total. The fourth-order valence-corrected chi connectivity index (χ4v) is 5.30. The topological polar surface area (TPSA) is 43.6 Å². The molecule has 1 saturated carbocycles. The number of imidazole rings is 1. The summed E-state index contributed by atoms with van der Waals surface area (Å²) in [7, 11) is 0. The van der Waals surface area contributed by atoms with Gasteiger partial charge in [-0.25, -0.2) is 15.0 Å². The molecule has 100 valence electrons. The van der Waals surface area contributed by atoms with E-state index in [4.69, 9.17) is 11.6 Å². The van der Waals surface area contributed by atoms with E-state index in [0.29, 0.717) is 15.0 Å². The summed E-state index contributed by atoms with van der Waals surface area (Å²) >= 11 is 10.1. The molecule has 0 aromatic carbocycles. The van der Waals surface area contributed by atoms with Gasteiger partial charge < -0.3 is 0 Å². The highest BCUT2D eigenvalue weighted by Gasteiger charge is 2.35. The van der Waals surface area contributed by atoms with Crippen molar-refractivity contribution in [3.8, 4) is 0 Å². The fourth-order valence-electron chi connectivity index (χ4n) is 3.22. The lowest BCUT2D eigenvalue weighted by Gasteiger charge is -2.19. The number of rotatable bonds is 1. The lowest BCUT2D eigenvalue weighted by molar-refractivity contribution is 0.366. The van der Waals surface area contributed by atoms with E-state index >= 15 is 0 Å². The minimum absolute atomic E-state index is 0.474. The first-order valence-corrected chi connectivity index (χ1v) is 8.92. The molecule has 0 bridgehead atoms. The van der Waals surface area contributed by atoms with Crippen LogP contribution in [0.25, 0.3) is 11.2 Å². The Labute approximate surface area is 133 Å². The van der Waals surface area contributed by atoms with E-state index in [1.54, 1.807) is 0 Å². The third-order valence-electron chi connectivity index (χ3n) is 4.10. The van der Waals surface area contributed by atoms with Gasteiger partial charge in [0.1, 0.15) is 5.52 Å². The molecule has 19 heavy (non-hydrogen) atoms. The van der Waals surface area contributed by atoms with Gasteiger partial charge in [0.25, 0.3) is 0 Å². The zero-order chi connectivity index (χ0) is 13.0. The summed E-state index contributed by atoms with van der Waals surface area (Å²) in [5.74, 6) is 1.90. The van der Waals surface area contributed by atoms with Crippen LogP contribution < -0.4 is 0 Å². The number of nitrogens with zero attached hydrogens (tertiary/aromatic N) is 4. The van der Waals surface area contributed by atoms with E-state index in [1.165, 1.54) is 25.7 Å². The number of aromatic nitrogens is 4. The minimum atomic E-state index is 0.474. The van der Waals surface area contributed by atoms with E-state index in [9.17, 15) is 0 Å². The lowest BCUT2D eigenvalue weighted by atomic mass is 9.99. The van der Waals surface area contributed by atoms with Crippen molar-refractivity contribution in [2.45, 2.75) is 36.9 Å². The van der Waals surface area contributed by atoms with Gasteiger partial charge in [-0.2, -0.15) is 0 Å². The van der Waals surface area contributed by atoms with Gasteiger partial charge in [-0.05, 0) is 18.8 Å². The van der Waals surface area contributed by atoms with E-state index in [1.807, 2.05) is 11.8 Å². The van der Waals surface area contributed by atoms with Gasteiger partial charge in [0.05, 0.1) is 0 Å². The van der Waals surface area contributed by atoms with E-state index in [2.05, 4.69) is 42.1 Å². The molecule has 7 heteroatoms. The largest absolute Gasteiger partial charge is 0.299 e. The molecule has 1 aliphatic heterocycles. The Bertz CT molecular complexity index is 653. The summed E-state index contributed by atoms with van der Waals surface area (Å²) in [6.07, 6.45) is 5.39. The quantitative estimate of drug-likeness (QED) is 0.409. The van der Waals surface area contributed by atoms with Crippen LogP contribution in [0.2, 0.25) is 5.15 Å². The molecule has 0 saturated heterocycles. The Balaban J connectivity index is 1.89. The monoisotopic (exact) mass is 406 g/mol. The van der Waals surface area contributed by atoms with Gasteiger partial charge in [0, 0.05) is 34.4 Å². The number of hydrogen-bond donors (Lipinski definition) is 0. The van der Waals surface area contributed by atoms with Crippen molar-refractivity contribution in [3.05, 3.63) is 8.98 Å². The molecule has 1 fully saturated rings. The van der Waals surface area contributed by atoms with Gasteiger partial charge in [-0.1, -0.05) is 36.2 Å². The average molecular weight is 407 g/mol. The Hall–Kier alpha value is -0.0800. The zero-order valence-corrected chi connectivity index (χ0v) is 13.9. The Morgan fingerprint density at radius 3 is 2.79 bits per heavy atom. The lowest BCUT2D eigenvalue weighted by Crippen LogP contribution is -2.16. The molecule has 0 spiro atoms. The van der Waals surface area contributed by atoms with Crippen LogP contribution in [0.3, 0.4) is 0 Å². The van der Waals surface area contributed by atoms with Gasteiger partial charge in [-0.3, -0.25) is 4.57 Å². The first-order chi connectivity index (χ1) is 9.24. The fraction of sp³-hybridized carbons (Fsp3) is 0.583. The smallest absolute Gasteiger partial charge is 0.194 e. The maximum absolute atomic E-state index is 6.20. The molecule has 4 nitrogen and oxygen atoms in total. The summed E-state index contributed by atoms with van der Waals surface area (Å²) in [4.78, 5) is 13.4. The van der Waals surface area contributed by atoms with Crippen molar-refractivity contribution in [2.75, 3.05) is 5.75 Å². The molecule has 2 aliphatic rings. The molecular weight excluding hydrogens is 395 g/mol. The molecule has 4 rings (SSSR count). The molecule has 2 aromatic heterocycles. The maximum atomic E-state index is 6.20. The third-order valence-corrected chi connectivity index (χ3v) is 5.90. The van der Waals surface area contributed by atoms with Crippen LogP contribution in [0.4, 0.5) is 0 Å². The second-order valence-corrected chi connectivity index (χ2v) is 7.45. The summed E-state index contributed by atoms with van der Waals surface area (Å²) in [6.45, 7) is 0. The van der Waals surface area contributed by atoms with Crippen molar-refractivity contribution in [2.24, 2.45) is 5.92 Å². The Morgan fingerprint density at radius 1 is 1.21 bits per heavy atom. The SMILES string of the molecule is Clc1nc(I)nc2c1nc1n2[C@@H](C2CCCC2)CS1. The van der Waals surface area contributed by atoms with Gasteiger partial charge >= 0.3 is 0 Å². The molecule has 3 heterocycles. The summed E-state index contributed by atoms with van der Waals surface area (Å²) < 4.78 is 3.01. The van der Waals surface area contributed by atoms with Crippen molar-refractivity contribution < 1.29 is 0 Å². The second-order valence-electron chi connectivity index (χ2n) is 5.14. The molecular formula is C12H12ClIN4S. The summed E-state index contributed by atoms with van der Waals surface area (Å²) in [6, 6.07) is 0.536. The number of fused-ring (bicyclic) bond motifs is 3. The standard InChI is InChI=1S/C12H12ClIN4S/c13-9-8-10(17-11(14)16-9)18-7(5-19-12(18)15-8)6-3-1-2-4-6/h6-7H,1-5H2/t7-/m1/s1. The first kappa shape index (κ1) is 12.6. The molecule has 0 unspecified atom stereocenters. The van der Waals surface area contributed by atoms with Crippen LogP contribution in [0.5, 0.6) is 0 Å². The number of halogens is 2. The van der Waals surface area contributed by atoms with Crippen LogP contribution in [0.1, 0.15) is 31.7 Å². The predicted molar refractivity (Wildman–Crippen MR) is 84.8 cm³/mol. The van der Waals surface area contributed by atoms with Crippen LogP contribution in [0, 0.1) is 9.75 Å². The second kappa shape index (κ2) is 4.73. The Morgan fingerprint density at radius 2 is 2.00 bits per heavy atom. The summed E-state index contributed by atoms with van der Waals surface area (Å²) in [5.41, 5.74) is 1.67. The van der Waals surface area contributed by atoms with Gasteiger partial charge in [-0.15, -0.1) is 0 Å². The first-order valence-electron chi connectivity index (χ1n) is 6.48. The van der Waals surface area contributed by atoms with Crippen molar-refractivity contribution in [3.63, 3.8) is 0 Å². The Kier molecular flexibility index (Phi) is 3.15. The van der Waals surface area contributed by atoms with E-state index < -0.39 is 0 Å². The van der Waals surface area contributed by atoms with Crippen LogP contribution in [-0.2, 0) is 0 Å². The number of hydrogen-bond acceptors (Lipinski definition) is 4. The van der Waals surface area contributed by atoms with Gasteiger partial charge in [0.15, 0.2) is 19.8 Å². The summed E-state index contributed by atoms with van der Waals surface area (Å²) in [5, 5.41) is 1.53. The highest BCUT2D eigenvalue weighted by Crippen LogP contribution is 2.45. The van der Waals surface area contributed by atoms with Crippen LogP contribution in [-0.4, -0.2) is 25.3 Å². The number of thioether (sulfide) groups is 1. The van der Waals surface area contributed by atoms with Crippen molar-refractivity contribution in [1.82, 2.24) is 19.5 Å². The highest BCUT2D eigenvalue weighted by molar-refractivity contribution is 14.1. The minimum Gasteiger partial charge on any atom is -0.299 e. The normalized spacial score (nSPS) is 23.4. The van der Waals surface area contributed by atoms with Crippen LogP contribution in [0.15, 0.2) is 5.16 Å². The average Bonchev–Trinajstić information content (AvgIpc) is 3.03. The van der Waals surface area contributed by atoms with Crippen LogP contribution >= 0.6 is 46.0 Å².